The fraction of sp³-hybridized carbons (Fsp3) is 1.00. The van der Waals surface area contributed by atoms with Crippen LogP contribution in [0.15, 0.2) is 0 Å². The summed E-state index contributed by atoms with van der Waals surface area (Å²) < 4.78 is 4.95. The van der Waals surface area contributed by atoms with Crippen LogP contribution in [-0.2, 0) is 4.74 Å². The Kier molecular flexibility index (Phi) is 1.51. The summed E-state index contributed by atoms with van der Waals surface area (Å²) in [7, 11) is 1.65. The van der Waals surface area contributed by atoms with Gasteiger partial charge >= 0.3 is 0 Å². The SMILES string of the molecule is COC1C[NH+]([O-])[C@H]1C. The van der Waals surface area contributed by atoms with Gasteiger partial charge in [-0.05, 0) is 6.92 Å². The third kappa shape index (κ3) is 0.727. The lowest BCUT2D eigenvalue weighted by Gasteiger charge is -2.43. The van der Waals surface area contributed by atoms with Crippen molar-refractivity contribution in [3.8, 4) is 0 Å². The molecule has 0 aliphatic carbocycles. The maximum atomic E-state index is 10.5. The van der Waals surface area contributed by atoms with E-state index in [1.54, 1.807) is 7.11 Å². The van der Waals surface area contributed by atoms with Crippen LogP contribution >= 0.6 is 0 Å². The Morgan fingerprint density at radius 1 is 1.75 bits per heavy atom. The van der Waals surface area contributed by atoms with Gasteiger partial charge in [0.05, 0.1) is 0 Å². The van der Waals surface area contributed by atoms with Crippen LogP contribution in [-0.4, -0.2) is 25.8 Å². The Bertz CT molecular complexity index is 86.5. The summed E-state index contributed by atoms with van der Waals surface area (Å²) in [6.07, 6.45) is 0.211. The third-order valence-corrected chi connectivity index (χ3v) is 1.77. The molecule has 3 heteroatoms. The van der Waals surface area contributed by atoms with Crippen LogP contribution in [0, 0.1) is 5.21 Å². The summed E-state index contributed by atoms with van der Waals surface area (Å²) in [6.45, 7) is 2.53. The maximum Gasteiger partial charge on any atom is 0.157 e. The van der Waals surface area contributed by atoms with Crippen LogP contribution in [0.3, 0.4) is 0 Å². The fourth-order valence-electron chi connectivity index (χ4n) is 0.895. The van der Waals surface area contributed by atoms with Crippen molar-refractivity contribution in [1.29, 1.82) is 0 Å². The summed E-state index contributed by atoms with van der Waals surface area (Å²) in [5.41, 5.74) is 0. The smallest absolute Gasteiger partial charge is 0.157 e. The molecule has 0 aromatic rings. The number of methoxy groups -OCH3 is 1. The Morgan fingerprint density at radius 3 is 2.50 bits per heavy atom. The van der Waals surface area contributed by atoms with Gasteiger partial charge in [-0.3, -0.25) is 0 Å². The zero-order chi connectivity index (χ0) is 6.15. The topological polar surface area (TPSA) is 36.7 Å². The van der Waals surface area contributed by atoms with Crippen molar-refractivity contribution in [3.05, 3.63) is 5.21 Å². The van der Waals surface area contributed by atoms with E-state index in [9.17, 15) is 5.21 Å². The van der Waals surface area contributed by atoms with E-state index >= 15 is 0 Å². The lowest BCUT2D eigenvalue weighted by Crippen LogP contribution is -3.21. The average Bonchev–Trinajstić information content (AvgIpc) is 1.81. The van der Waals surface area contributed by atoms with Gasteiger partial charge in [-0.2, -0.15) is 0 Å². The first-order chi connectivity index (χ1) is 3.75. The Balaban J connectivity index is 2.25. The Morgan fingerprint density at radius 2 is 2.38 bits per heavy atom. The highest BCUT2D eigenvalue weighted by molar-refractivity contribution is 4.71. The molecular formula is C5H11NO2. The molecule has 3 nitrogen and oxygen atoms in total. The van der Waals surface area contributed by atoms with Gasteiger partial charge in [0, 0.05) is 7.11 Å². The molecule has 0 bridgehead atoms. The maximum absolute atomic E-state index is 10.5. The first-order valence-electron chi connectivity index (χ1n) is 2.81. The van der Waals surface area contributed by atoms with Crippen LogP contribution in [0.2, 0.25) is 0 Å². The molecule has 1 saturated heterocycles. The molecule has 8 heavy (non-hydrogen) atoms. The lowest BCUT2D eigenvalue weighted by atomic mass is 10.1. The average molecular weight is 117 g/mol. The lowest BCUT2D eigenvalue weighted by molar-refractivity contribution is -0.929. The number of rotatable bonds is 1. The largest absolute Gasteiger partial charge is 0.634 e. The van der Waals surface area contributed by atoms with Crippen LogP contribution in [0.4, 0.5) is 0 Å². The summed E-state index contributed by atoms with van der Waals surface area (Å²) in [5.74, 6) is 0. The number of nitrogens with one attached hydrogen (secondary N) is 1. The van der Waals surface area contributed by atoms with Crippen LogP contribution in [0.1, 0.15) is 6.92 Å². The number of ether oxygens (including phenoxy) is 1. The van der Waals surface area contributed by atoms with Crippen molar-refractivity contribution in [3.63, 3.8) is 0 Å². The molecule has 0 aromatic heterocycles. The third-order valence-electron chi connectivity index (χ3n) is 1.77. The predicted molar refractivity (Wildman–Crippen MR) is 29.5 cm³/mol. The van der Waals surface area contributed by atoms with Gasteiger partial charge in [0.1, 0.15) is 12.6 Å². The zero-order valence-electron chi connectivity index (χ0n) is 5.18. The van der Waals surface area contributed by atoms with Crippen molar-refractivity contribution in [1.82, 2.24) is 0 Å². The normalized spacial score (nSPS) is 46.1. The van der Waals surface area contributed by atoms with Gasteiger partial charge in [0.2, 0.25) is 0 Å². The standard InChI is InChI=1S/C5H11NO2/c1-4-5(8-2)3-6(4)7/h4-6H,3H2,1-2H3/t4-,5?/m0/s1. The van der Waals surface area contributed by atoms with Crippen molar-refractivity contribution in [2.45, 2.75) is 19.1 Å². The summed E-state index contributed by atoms with van der Waals surface area (Å²) in [5, 5.41) is 10.9. The van der Waals surface area contributed by atoms with E-state index in [1.807, 2.05) is 6.92 Å². The van der Waals surface area contributed by atoms with E-state index in [2.05, 4.69) is 0 Å². The van der Waals surface area contributed by atoms with Crippen molar-refractivity contribution < 1.29 is 9.80 Å². The van der Waals surface area contributed by atoms with Crippen molar-refractivity contribution in [2.24, 2.45) is 0 Å². The number of hydroxylamine groups is 2. The van der Waals surface area contributed by atoms with E-state index in [1.165, 1.54) is 0 Å². The minimum Gasteiger partial charge on any atom is -0.634 e. The van der Waals surface area contributed by atoms with Gasteiger partial charge in [0.15, 0.2) is 6.10 Å². The predicted octanol–water partition coefficient (Wildman–Crippen LogP) is -1.21. The molecule has 1 aliphatic heterocycles. The van der Waals surface area contributed by atoms with Crippen LogP contribution in [0.5, 0.6) is 0 Å². The second-order valence-electron chi connectivity index (χ2n) is 2.23. The van der Waals surface area contributed by atoms with E-state index in [0.29, 0.717) is 11.6 Å². The first-order valence-corrected chi connectivity index (χ1v) is 2.81. The molecule has 0 amide bonds. The summed E-state index contributed by atoms with van der Waals surface area (Å²) in [4.78, 5) is 0. The van der Waals surface area contributed by atoms with Gasteiger partial charge in [-0.25, -0.2) is 0 Å². The van der Waals surface area contributed by atoms with E-state index in [-0.39, 0.29) is 12.1 Å². The molecule has 1 N–H and O–H groups in total. The molecule has 1 rings (SSSR count). The first kappa shape index (κ1) is 6.01. The quantitative estimate of drug-likeness (QED) is 0.437. The second kappa shape index (κ2) is 2.01. The van der Waals surface area contributed by atoms with Crippen molar-refractivity contribution in [2.75, 3.05) is 13.7 Å². The van der Waals surface area contributed by atoms with Gasteiger partial charge in [0.25, 0.3) is 0 Å². The molecule has 1 fully saturated rings. The van der Waals surface area contributed by atoms with Gasteiger partial charge in [-0.1, -0.05) is 0 Å². The molecule has 0 spiro atoms. The van der Waals surface area contributed by atoms with E-state index < -0.39 is 0 Å². The second-order valence-corrected chi connectivity index (χ2v) is 2.23. The molecule has 1 aliphatic rings. The molecule has 2 unspecified atom stereocenters. The number of hydrogen-bond acceptors (Lipinski definition) is 2. The Hall–Kier alpha value is -0.120. The highest BCUT2D eigenvalue weighted by Gasteiger charge is 2.34. The summed E-state index contributed by atoms with van der Waals surface area (Å²) in [6, 6.07) is 0.153. The monoisotopic (exact) mass is 117 g/mol. The van der Waals surface area contributed by atoms with Gasteiger partial charge < -0.3 is 15.0 Å². The number of hydrogen-bond donors (Lipinski definition) is 1. The highest BCUT2D eigenvalue weighted by Crippen LogP contribution is 1.98. The number of quaternary nitrogens is 1. The van der Waals surface area contributed by atoms with E-state index in [0.717, 1.165) is 0 Å². The van der Waals surface area contributed by atoms with Crippen molar-refractivity contribution >= 4 is 0 Å². The molecule has 48 valence electrons. The Labute approximate surface area is 48.8 Å². The zero-order valence-corrected chi connectivity index (χ0v) is 5.18. The molecule has 1 heterocycles. The van der Waals surface area contributed by atoms with E-state index in [4.69, 9.17) is 4.74 Å². The minimum atomic E-state index is 0.153. The molecule has 0 radical (unpaired) electrons. The van der Waals surface area contributed by atoms with Crippen LogP contribution < -0.4 is 5.06 Å². The molecular weight excluding hydrogens is 106 g/mol. The van der Waals surface area contributed by atoms with Crippen LogP contribution in [0.25, 0.3) is 0 Å². The summed E-state index contributed by atoms with van der Waals surface area (Å²) >= 11 is 0. The molecule has 0 aromatic carbocycles. The molecule has 3 atom stereocenters. The molecule has 0 saturated carbocycles. The van der Waals surface area contributed by atoms with Gasteiger partial charge in [-0.15, -0.1) is 0 Å². The highest BCUT2D eigenvalue weighted by atomic mass is 16.5. The minimum absolute atomic E-state index is 0.153. The fourth-order valence-corrected chi connectivity index (χ4v) is 0.895.